The fourth-order valence-electron chi connectivity index (χ4n) is 2.87. The van der Waals surface area contributed by atoms with E-state index in [4.69, 9.17) is 0 Å². The standard InChI is InChI=1S/C17H13NO2S/c1-17(12-5-3-2-4-6-12)16(20)18-14-8-7-13(19)9-11(14)10-15(18)21-17/h2-10,19H,1H3. The summed E-state index contributed by atoms with van der Waals surface area (Å²) >= 11 is 1.56. The van der Waals surface area contributed by atoms with Crippen molar-refractivity contribution in [2.75, 3.05) is 0 Å². The van der Waals surface area contributed by atoms with Crippen molar-refractivity contribution in [3.05, 3.63) is 60.2 Å². The van der Waals surface area contributed by atoms with E-state index in [0.717, 1.165) is 21.5 Å². The van der Waals surface area contributed by atoms with E-state index in [0.29, 0.717) is 0 Å². The first-order valence-corrected chi connectivity index (χ1v) is 7.55. The van der Waals surface area contributed by atoms with Gasteiger partial charge in [0.25, 0.3) is 5.91 Å². The molecule has 3 aromatic rings. The highest BCUT2D eigenvalue weighted by atomic mass is 32.2. The number of aromatic nitrogens is 1. The molecule has 1 aliphatic rings. The second kappa shape index (κ2) is 4.15. The molecule has 1 aliphatic heterocycles. The first-order valence-electron chi connectivity index (χ1n) is 6.73. The summed E-state index contributed by atoms with van der Waals surface area (Å²) in [7, 11) is 0. The van der Waals surface area contributed by atoms with Gasteiger partial charge in [-0.3, -0.25) is 9.36 Å². The maximum atomic E-state index is 13.0. The Morgan fingerprint density at radius 1 is 1.10 bits per heavy atom. The summed E-state index contributed by atoms with van der Waals surface area (Å²) in [6.45, 7) is 1.97. The lowest BCUT2D eigenvalue weighted by Crippen LogP contribution is -2.28. The van der Waals surface area contributed by atoms with Crippen LogP contribution in [0.25, 0.3) is 10.9 Å². The smallest absolute Gasteiger partial charge is 0.252 e. The van der Waals surface area contributed by atoms with Crippen molar-refractivity contribution < 1.29 is 9.90 Å². The van der Waals surface area contributed by atoms with Gasteiger partial charge in [0.1, 0.15) is 10.5 Å². The molecule has 1 atom stereocenters. The van der Waals surface area contributed by atoms with Gasteiger partial charge in [0.05, 0.1) is 10.5 Å². The molecule has 21 heavy (non-hydrogen) atoms. The van der Waals surface area contributed by atoms with Crippen LogP contribution in [-0.2, 0) is 4.75 Å². The summed E-state index contributed by atoms with van der Waals surface area (Å²) < 4.78 is 1.16. The van der Waals surface area contributed by atoms with E-state index in [2.05, 4.69) is 0 Å². The highest BCUT2D eigenvalue weighted by Gasteiger charge is 2.45. The lowest BCUT2D eigenvalue weighted by molar-refractivity contribution is 0.0875. The molecule has 104 valence electrons. The number of fused-ring (bicyclic) bond motifs is 3. The lowest BCUT2D eigenvalue weighted by Gasteiger charge is -2.20. The molecule has 0 spiro atoms. The maximum absolute atomic E-state index is 13.0. The van der Waals surface area contributed by atoms with Gasteiger partial charge in [-0.05, 0) is 36.8 Å². The van der Waals surface area contributed by atoms with Gasteiger partial charge in [-0.2, -0.15) is 0 Å². The molecule has 1 aromatic heterocycles. The minimum atomic E-state index is -0.595. The van der Waals surface area contributed by atoms with Crippen LogP contribution in [0.5, 0.6) is 5.75 Å². The Hall–Kier alpha value is -2.20. The Labute approximate surface area is 126 Å². The van der Waals surface area contributed by atoms with E-state index >= 15 is 0 Å². The zero-order valence-corrected chi connectivity index (χ0v) is 12.2. The third-order valence-electron chi connectivity index (χ3n) is 4.00. The molecule has 0 aliphatic carbocycles. The molecule has 3 nitrogen and oxygen atoms in total. The van der Waals surface area contributed by atoms with Crippen molar-refractivity contribution in [3.8, 4) is 5.75 Å². The Balaban J connectivity index is 1.90. The average Bonchev–Trinajstić information content (AvgIpc) is 2.95. The van der Waals surface area contributed by atoms with Crippen LogP contribution < -0.4 is 0 Å². The zero-order chi connectivity index (χ0) is 14.6. The van der Waals surface area contributed by atoms with E-state index in [1.807, 2.05) is 43.3 Å². The number of carbonyl (C=O) groups excluding carboxylic acids is 1. The van der Waals surface area contributed by atoms with Gasteiger partial charge >= 0.3 is 0 Å². The summed E-state index contributed by atoms with van der Waals surface area (Å²) in [5, 5.41) is 11.4. The molecular formula is C17H13NO2S. The zero-order valence-electron chi connectivity index (χ0n) is 11.4. The fraction of sp³-hybridized carbons (Fsp3) is 0.118. The molecule has 1 N–H and O–H groups in total. The van der Waals surface area contributed by atoms with Gasteiger partial charge in [0.2, 0.25) is 0 Å². The van der Waals surface area contributed by atoms with Crippen LogP contribution in [-0.4, -0.2) is 15.6 Å². The summed E-state index contributed by atoms with van der Waals surface area (Å²) in [5.41, 5.74) is 1.86. The molecule has 0 fully saturated rings. The minimum Gasteiger partial charge on any atom is -0.508 e. The number of phenolic OH excluding ortho intramolecular Hbond substituents is 1. The van der Waals surface area contributed by atoms with Crippen LogP contribution in [0.15, 0.2) is 59.6 Å². The van der Waals surface area contributed by atoms with E-state index in [1.54, 1.807) is 34.5 Å². The van der Waals surface area contributed by atoms with Crippen LogP contribution >= 0.6 is 11.8 Å². The van der Waals surface area contributed by atoms with Crippen molar-refractivity contribution >= 4 is 28.6 Å². The van der Waals surface area contributed by atoms with Gasteiger partial charge in [-0.1, -0.05) is 42.1 Å². The van der Waals surface area contributed by atoms with Gasteiger partial charge in [0, 0.05) is 5.39 Å². The number of phenols is 1. The van der Waals surface area contributed by atoms with Gasteiger partial charge in [-0.15, -0.1) is 0 Å². The van der Waals surface area contributed by atoms with Crippen LogP contribution in [0.1, 0.15) is 17.3 Å². The molecule has 2 aromatic carbocycles. The molecule has 4 rings (SSSR count). The molecule has 1 unspecified atom stereocenters. The summed E-state index contributed by atoms with van der Waals surface area (Å²) in [5.74, 6) is 0.282. The summed E-state index contributed by atoms with van der Waals surface area (Å²) in [6, 6.07) is 16.9. The van der Waals surface area contributed by atoms with Crippen molar-refractivity contribution in [1.82, 2.24) is 4.57 Å². The van der Waals surface area contributed by atoms with Crippen LogP contribution in [0, 0.1) is 0 Å². The number of hydrogen-bond donors (Lipinski definition) is 1. The lowest BCUT2D eigenvalue weighted by atomic mass is 9.99. The molecule has 0 saturated heterocycles. The molecule has 0 saturated carbocycles. The highest BCUT2D eigenvalue weighted by molar-refractivity contribution is 8.01. The number of nitrogens with zero attached hydrogens (tertiary/aromatic N) is 1. The molecular weight excluding hydrogens is 282 g/mol. The number of aromatic hydroxyl groups is 1. The third kappa shape index (κ3) is 1.66. The second-order valence-corrected chi connectivity index (χ2v) is 6.81. The molecule has 2 heterocycles. The molecule has 4 heteroatoms. The number of benzene rings is 2. The van der Waals surface area contributed by atoms with Crippen LogP contribution in [0.2, 0.25) is 0 Å². The maximum Gasteiger partial charge on any atom is 0.252 e. The SMILES string of the molecule is CC1(c2ccccc2)Sc2cc3cc(O)ccc3n2C1=O. The molecule has 0 bridgehead atoms. The number of rotatable bonds is 1. The van der Waals surface area contributed by atoms with Gasteiger partial charge in [-0.25, -0.2) is 0 Å². The predicted molar refractivity (Wildman–Crippen MR) is 83.9 cm³/mol. The Morgan fingerprint density at radius 2 is 1.86 bits per heavy atom. The Kier molecular flexibility index (Phi) is 2.48. The normalized spacial score (nSPS) is 20.9. The predicted octanol–water partition coefficient (Wildman–Crippen LogP) is 4.01. The topological polar surface area (TPSA) is 42.2 Å². The van der Waals surface area contributed by atoms with Crippen LogP contribution in [0.4, 0.5) is 0 Å². The van der Waals surface area contributed by atoms with E-state index in [9.17, 15) is 9.90 Å². The van der Waals surface area contributed by atoms with E-state index < -0.39 is 4.75 Å². The first-order chi connectivity index (χ1) is 10.1. The van der Waals surface area contributed by atoms with Crippen molar-refractivity contribution in [3.63, 3.8) is 0 Å². The fourth-order valence-corrected chi connectivity index (χ4v) is 4.18. The van der Waals surface area contributed by atoms with E-state index in [-0.39, 0.29) is 11.7 Å². The van der Waals surface area contributed by atoms with Crippen molar-refractivity contribution in [2.24, 2.45) is 0 Å². The largest absolute Gasteiger partial charge is 0.508 e. The summed E-state index contributed by atoms with van der Waals surface area (Å²) in [6.07, 6.45) is 0. The highest BCUT2D eigenvalue weighted by Crippen LogP contribution is 2.50. The monoisotopic (exact) mass is 295 g/mol. The van der Waals surface area contributed by atoms with Crippen LogP contribution in [0.3, 0.4) is 0 Å². The Bertz CT molecular complexity index is 869. The minimum absolute atomic E-state index is 0.0642. The molecule has 0 radical (unpaired) electrons. The van der Waals surface area contributed by atoms with Crippen molar-refractivity contribution in [2.45, 2.75) is 16.7 Å². The molecule has 0 amide bonds. The number of carbonyl (C=O) groups is 1. The van der Waals surface area contributed by atoms with Crippen molar-refractivity contribution in [1.29, 1.82) is 0 Å². The quantitative estimate of drug-likeness (QED) is 0.737. The first kappa shape index (κ1) is 12.5. The van der Waals surface area contributed by atoms with E-state index in [1.165, 1.54) is 0 Å². The summed E-state index contributed by atoms with van der Waals surface area (Å²) in [4.78, 5) is 13.0. The van der Waals surface area contributed by atoms with Gasteiger partial charge < -0.3 is 5.11 Å². The average molecular weight is 295 g/mol. The Morgan fingerprint density at radius 3 is 2.62 bits per heavy atom. The third-order valence-corrected chi connectivity index (χ3v) is 5.32. The van der Waals surface area contributed by atoms with Gasteiger partial charge in [0.15, 0.2) is 0 Å². The second-order valence-electron chi connectivity index (χ2n) is 5.37. The number of hydrogen-bond acceptors (Lipinski definition) is 3. The number of thioether (sulfide) groups is 1.